The maximum absolute atomic E-state index is 9.47. The first kappa shape index (κ1) is 16.5. The van der Waals surface area contributed by atoms with Crippen LogP contribution in [0, 0.1) is 0 Å². The zero-order valence-electron chi connectivity index (χ0n) is 9.41. The summed E-state index contributed by atoms with van der Waals surface area (Å²) in [5.74, 6) is -0.481. The van der Waals surface area contributed by atoms with Crippen LogP contribution in [0.2, 0.25) is 0 Å². The van der Waals surface area contributed by atoms with Crippen molar-refractivity contribution in [3.8, 4) is 0 Å². The van der Waals surface area contributed by atoms with E-state index in [0.29, 0.717) is 13.2 Å². The second-order valence-electron chi connectivity index (χ2n) is 2.30. The molecule has 0 aromatic rings. The molecular formula is C9H21N3O3. The van der Waals surface area contributed by atoms with E-state index < -0.39 is 5.91 Å². The second kappa shape index (κ2) is 15.5. The lowest BCUT2D eigenvalue weighted by molar-refractivity contribution is -0.113. The minimum atomic E-state index is -0.481. The van der Waals surface area contributed by atoms with Gasteiger partial charge in [0.1, 0.15) is 0 Å². The average Bonchev–Trinajstić information content (AvgIpc) is 2.24. The third-order valence-corrected chi connectivity index (χ3v) is 0.981. The molecule has 0 heterocycles. The molecule has 15 heavy (non-hydrogen) atoms. The first-order chi connectivity index (χ1) is 7.18. The van der Waals surface area contributed by atoms with Gasteiger partial charge in [-0.25, -0.2) is 11.0 Å². The van der Waals surface area contributed by atoms with Gasteiger partial charge >= 0.3 is 0 Å². The van der Waals surface area contributed by atoms with Crippen LogP contribution in [-0.4, -0.2) is 32.2 Å². The van der Waals surface area contributed by atoms with Gasteiger partial charge in [0.2, 0.25) is 5.91 Å². The Bertz CT molecular complexity index is 146. The molecule has 6 heteroatoms. The Morgan fingerprint density at radius 2 is 1.60 bits per heavy atom. The van der Waals surface area contributed by atoms with Crippen molar-refractivity contribution >= 4 is 5.91 Å². The van der Waals surface area contributed by atoms with E-state index in [9.17, 15) is 4.79 Å². The zero-order valence-corrected chi connectivity index (χ0v) is 9.41. The van der Waals surface area contributed by atoms with Crippen molar-refractivity contribution in [1.29, 1.82) is 0 Å². The Morgan fingerprint density at radius 1 is 1.27 bits per heavy atom. The van der Waals surface area contributed by atoms with Crippen molar-refractivity contribution in [3.05, 3.63) is 12.7 Å². The highest BCUT2D eigenvalue weighted by molar-refractivity contribution is 5.84. The van der Waals surface area contributed by atoms with Crippen LogP contribution < -0.4 is 16.7 Å². The topological polar surface area (TPSA) is 85.6 Å². The summed E-state index contributed by atoms with van der Waals surface area (Å²) in [7, 11) is 0. The molecule has 0 spiro atoms. The van der Waals surface area contributed by atoms with Crippen molar-refractivity contribution < 1.29 is 14.5 Å². The molecule has 0 fully saturated rings. The quantitative estimate of drug-likeness (QED) is 0.297. The van der Waals surface area contributed by atoms with Gasteiger partial charge < -0.3 is 5.73 Å². The Labute approximate surface area is 90.7 Å². The smallest absolute Gasteiger partial charge is 0.240 e. The molecule has 0 aliphatic carbocycles. The van der Waals surface area contributed by atoms with Gasteiger partial charge in [0.05, 0.1) is 13.2 Å². The summed E-state index contributed by atoms with van der Waals surface area (Å²) in [6.07, 6.45) is 1.06. The number of carbonyl (C=O) groups is 1. The van der Waals surface area contributed by atoms with Crippen molar-refractivity contribution in [2.45, 2.75) is 13.8 Å². The molecule has 0 rings (SSSR count). The predicted octanol–water partition coefficient (Wildman–Crippen LogP) is -0.274. The molecular weight excluding hydrogens is 198 g/mol. The molecule has 0 unspecified atom stereocenters. The maximum Gasteiger partial charge on any atom is 0.240 e. The fourth-order valence-electron chi connectivity index (χ4n) is 0.432. The Hall–Kier alpha value is -0.950. The van der Waals surface area contributed by atoms with Crippen LogP contribution >= 0.6 is 0 Å². The molecule has 1 amide bonds. The van der Waals surface area contributed by atoms with Crippen LogP contribution in [-0.2, 0) is 14.5 Å². The lowest BCUT2D eigenvalue weighted by atomic mass is 10.6. The molecule has 0 aliphatic rings. The largest absolute Gasteiger partial charge is 0.366 e. The Balaban J connectivity index is 0. The van der Waals surface area contributed by atoms with E-state index in [4.69, 9.17) is 9.68 Å². The number of amides is 1. The summed E-state index contributed by atoms with van der Waals surface area (Å²) in [4.78, 5) is 19.3. The molecule has 6 nitrogen and oxygen atoms in total. The normalized spacial score (nSPS) is 8.93. The molecule has 0 atom stereocenters. The van der Waals surface area contributed by atoms with Crippen molar-refractivity contribution in [3.63, 3.8) is 0 Å². The van der Waals surface area contributed by atoms with Gasteiger partial charge in [0.15, 0.2) is 0 Å². The fraction of sp³-hybridized carbons (Fsp3) is 0.667. The molecule has 90 valence electrons. The summed E-state index contributed by atoms with van der Waals surface area (Å²) in [5, 5.41) is 0. The van der Waals surface area contributed by atoms with Gasteiger partial charge in [0, 0.05) is 13.1 Å². The van der Waals surface area contributed by atoms with E-state index in [2.05, 4.69) is 23.3 Å². The average molecular weight is 219 g/mol. The zero-order chi connectivity index (χ0) is 11.9. The van der Waals surface area contributed by atoms with Crippen LogP contribution in [0.1, 0.15) is 13.8 Å². The highest BCUT2D eigenvalue weighted by Crippen LogP contribution is 1.69. The third kappa shape index (κ3) is 24.6. The standard InChI is InChI=1S/C6H16N2O2.C3H5NO/c1-3-7-9-5-6-10-8-4-2;1-2-3(4)5/h7-8H,3-6H2,1-2H3;2H,1H2,(H2,4,5). The second-order valence-corrected chi connectivity index (χ2v) is 2.30. The SMILES string of the molecule is C=CC(N)=O.CCNOCCONCC. The van der Waals surface area contributed by atoms with Crippen LogP contribution in [0.25, 0.3) is 0 Å². The summed E-state index contributed by atoms with van der Waals surface area (Å²) < 4.78 is 0. The lowest BCUT2D eigenvalue weighted by Crippen LogP contribution is -2.21. The van der Waals surface area contributed by atoms with Crippen molar-refractivity contribution in [1.82, 2.24) is 11.0 Å². The molecule has 4 N–H and O–H groups in total. The number of hydrogen-bond acceptors (Lipinski definition) is 5. The minimum Gasteiger partial charge on any atom is -0.366 e. The van der Waals surface area contributed by atoms with E-state index in [1.54, 1.807) is 0 Å². The van der Waals surface area contributed by atoms with E-state index in [-0.39, 0.29) is 0 Å². The summed E-state index contributed by atoms with van der Waals surface area (Å²) in [5.41, 5.74) is 9.97. The Kier molecular flexibility index (Phi) is 17.0. The van der Waals surface area contributed by atoms with E-state index in [1.165, 1.54) is 0 Å². The maximum atomic E-state index is 9.47. The van der Waals surface area contributed by atoms with Crippen LogP contribution in [0.5, 0.6) is 0 Å². The van der Waals surface area contributed by atoms with Gasteiger partial charge in [0.25, 0.3) is 0 Å². The summed E-state index contributed by atoms with van der Waals surface area (Å²) in [6.45, 7) is 9.82. The van der Waals surface area contributed by atoms with E-state index in [0.717, 1.165) is 19.2 Å². The lowest BCUT2D eigenvalue weighted by Gasteiger charge is -2.03. The number of nitrogens with two attached hydrogens (primary N) is 1. The van der Waals surface area contributed by atoms with Gasteiger partial charge in [-0.05, 0) is 6.08 Å². The molecule has 0 bridgehead atoms. The first-order valence-electron chi connectivity index (χ1n) is 4.80. The van der Waals surface area contributed by atoms with Crippen LogP contribution in [0.15, 0.2) is 12.7 Å². The molecule has 0 saturated heterocycles. The number of primary amides is 1. The molecule has 0 aromatic heterocycles. The molecule has 0 aromatic carbocycles. The molecule has 0 saturated carbocycles. The highest BCUT2D eigenvalue weighted by atomic mass is 16.7. The van der Waals surface area contributed by atoms with Gasteiger partial charge in [-0.2, -0.15) is 0 Å². The van der Waals surface area contributed by atoms with Crippen molar-refractivity contribution in [2.75, 3.05) is 26.3 Å². The van der Waals surface area contributed by atoms with Crippen molar-refractivity contribution in [2.24, 2.45) is 5.73 Å². The van der Waals surface area contributed by atoms with E-state index in [1.807, 2.05) is 13.8 Å². The van der Waals surface area contributed by atoms with Crippen LogP contribution in [0.3, 0.4) is 0 Å². The molecule has 0 radical (unpaired) electrons. The van der Waals surface area contributed by atoms with Gasteiger partial charge in [-0.3, -0.25) is 14.5 Å². The monoisotopic (exact) mass is 219 g/mol. The highest BCUT2D eigenvalue weighted by Gasteiger charge is 1.84. The van der Waals surface area contributed by atoms with E-state index >= 15 is 0 Å². The number of carbonyl (C=O) groups excluding carboxylic acids is 1. The first-order valence-corrected chi connectivity index (χ1v) is 4.80. The Morgan fingerprint density at radius 3 is 1.80 bits per heavy atom. The summed E-state index contributed by atoms with van der Waals surface area (Å²) >= 11 is 0. The minimum absolute atomic E-state index is 0.481. The number of rotatable bonds is 8. The predicted molar refractivity (Wildman–Crippen MR) is 58.6 cm³/mol. The number of nitrogens with one attached hydrogen (secondary N) is 2. The molecule has 0 aliphatic heterocycles. The summed E-state index contributed by atoms with van der Waals surface area (Å²) in [6, 6.07) is 0. The number of hydroxylamine groups is 2. The fourth-order valence-corrected chi connectivity index (χ4v) is 0.432. The van der Waals surface area contributed by atoms with Gasteiger partial charge in [-0.15, -0.1) is 0 Å². The van der Waals surface area contributed by atoms with Crippen LogP contribution in [0.4, 0.5) is 0 Å². The third-order valence-electron chi connectivity index (χ3n) is 0.981. The number of hydrogen-bond donors (Lipinski definition) is 3. The van der Waals surface area contributed by atoms with Gasteiger partial charge in [-0.1, -0.05) is 20.4 Å².